The zero-order valence-corrected chi connectivity index (χ0v) is 11.2. The fraction of sp³-hybridized carbons (Fsp3) is 0.133. The van der Waals surface area contributed by atoms with Crippen molar-refractivity contribution >= 4 is 17.3 Å². The molecule has 0 atom stereocenters. The molecule has 7 heteroatoms. The molecule has 0 bridgehead atoms. The zero-order valence-electron chi connectivity index (χ0n) is 11.2. The lowest BCUT2D eigenvalue weighted by molar-refractivity contribution is -0.126. The fourth-order valence-corrected chi connectivity index (χ4v) is 1.77. The second-order valence-electron chi connectivity index (χ2n) is 4.41. The minimum Gasteiger partial charge on any atom is -0.379 e. The molecule has 2 aromatic carbocycles. The van der Waals surface area contributed by atoms with Crippen molar-refractivity contribution in [3.05, 3.63) is 59.7 Å². The smallest absolute Gasteiger partial charge is 0.315 e. The highest BCUT2D eigenvalue weighted by molar-refractivity contribution is 5.93. The average molecular weight is 312 g/mol. The number of carbonyl (C=O) groups excluding carboxylic acids is 1. The normalized spacial score (nSPS) is 10.6. The van der Waals surface area contributed by atoms with Crippen molar-refractivity contribution in [2.24, 2.45) is 0 Å². The number of anilines is 2. The molecule has 2 aromatic rings. The van der Waals surface area contributed by atoms with Gasteiger partial charge in [0.15, 0.2) is 5.82 Å². The molecule has 0 radical (unpaired) electrons. The Morgan fingerprint density at radius 1 is 1.05 bits per heavy atom. The van der Waals surface area contributed by atoms with Crippen molar-refractivity contribution in [1.29, 1.82) is 0 Å². The van der Waals surface area contributed by atoms with Crippen LogP contribution in [0.25, 0.3) is 0 Å². The predicted molar refractivity (Wildman–Crippen MR) is 74.8 cm³/mol. The molecular weight excluding hydrogens is 300 g/mol. The Morgan fingerprint density at radius 2 is 1.73 bits per heavy atom. The van der Waals surface area contributed by atoms with Crippen LogP contribution in [0.5, 0.6) is 0 Å². The molecule has 0 aromatic heterocycles. The van der Waals surface area contributed by atoms with Crippen molar-refractivity contribution in [2.75, 3.05) is 10.6 Å². The summed E-state index contributed by atoms with van der Waals surface area (Å²) in [5.41, 5.74) is -0.150. The van der Waals surface area contributed by atoms with Gasteiger partial charge in [-0.05, 0) is 17.7 Å². The average Bonchev–Trinajstić information content (AvgIpc) is 2.51. The second-order valence-corrected chi connectivity index (χ2v) is 4.41. The molecule has 0 saturated carbocycles. The number of benzene rings is 2. The SMILES string of the molecule is O=C(Nc1c(F)ccc(NCc2ccccc2)c1F)C(F)F. The number of rotatable bonds is 5. The molecule has 0 fully saturated rings. The number of nitrogens with one attached hydrogen (secondary N) is 2. The van der Waals surface area contributed by atoms with Gasteiger partial charge in [0.1, 0.15) is 11.5 Å². The Bertz CT molecular complexity index is 662. The van der Waals surface area contributed by atoms with Gasteiger partial charge in [0, 0.05) is 6.54 Å². The van der Waals surface area contributed by atoms with Gasteiger partial charge in [0.25, 0.3) is 5.91 Å². The van der Waals surface area contributed by atoms with E-state index < -0.39 is 29.7 Å². The van der Waals surface area contributed by atoms with E-state index in [0.717, 1.165) is 17.7 Å². The Balaban J connectivity index is 2.17. The van der Waals surface area contributed by atoms with Crippen molar-refractivity contribution in [3.63, 3.8) is 0 Å². The maximum Gasteiger partial charge on any atom is 0.315 e. The van der Waals surface area contributed by atoms with Gasteiger partial charge in [0.05, 0.1) is 5.69 Å². The van der Waals surface area contributed by atoms with Gasteiger partial charge in [0.2, 0.25) is 0 Å². The Morgan fingerprint density at radius 3 is 2.36 bits per heavy atom. The van der Waals surface area contributed by atoms with E-state index in [9.17, 15) is 22.4 Å². The van der Waals surface area contributed by atoms with Crippen LogP contribution < -0.4 is 10.6 Å². The van der Waals surface area contributed by atoms with E-state index in [0.29, 0.717) is 0 Å². The van der Waals surface area contributed by atoms with Crippen LogP contribution in [-0.2, 0) is 11.3 Å². The number of hydrogen-bond donors (Lipinski definition) is 2. The first kappa shape index (κ1) is 15.8. The number of alkyl halides is 2. The summed E-state index contributed by atoms with van der Waals surface area (Å²) in [5.74, 6) is -4.03. The van der Waals surface area contributed by atoms with Crippen LogP contribution in [0.2, 0.25) is 0 Å². The minimum absolute atomic E-state index is 0.102. The highest BCUT2D eigenvalue weighted by Crippen LogP contribution is 2.26. The third kappa shape index (κ3) is 3.75. The van der Waals surface area contributed by atoms with Gasteiger partial charge in [-0.2, -0.15) is 8.78 Å². The monoisotopic (exact) mass is 312 g/mol. The third-order valence-corrected chi connectivity index (χ3v) is 2.86. The molecular formula is C15H12F4N2O. The summed E-state index contributed by atoms with van der Waals surface area (Å²) >= 11 is 0. The second kappa shape index (κ2) is 6.93. The van der Waals surface area contributed by atoms with Crippen LogP contribution in [0.3, 0.4) is 0 Å². The molecule has 2 rings (SSSR count). The molecule has 116 valence electrons. The molecule has 0 aliphatic rings. The zero-order chi connectivity index (χ0) is 16.1. The number of carbonyl (C=O) groups is 1. The molecule has 0 heterocycles. The maximum atomic E-state index is 14.1. The lowest BCUT2D eigenvalue weighted by atomic mass is 10.2. The summed E-state index contributed by atoms with van der Waals surface area (Å²) in [4.78, 5) is 10.9. The molecule has 0 spiro atoms. The van der Waals surface area contributed by atoms with E-state index >= 15 is 0 Å². The Labute approximate surface area is 124 Å². The van der Waals surface area contributed by atoms with E-state index in [4.69, 9.17) is 0 Å². The van der Waals surface area contributed by atoms with Crippen LogP contribution in [0.4, 0.5) is 28.9 Å². The van der Waals surface area contributed by atoms with Gasteiger partial charge < -0.3 is 10.6 Å². The summed E-state index contributed by atoms with van der Waals surface area (Å²) in [6, 6.07) is 11.0. The first-order valence-electron chi connectivity index (χ1n) is 6.34. The largest absolute Gasteiger partial charge is 0.379 e. The Kier molecular flexibility index (Phi) is 4.98. The van der Waals surface area contributed by atoms with E-state index in [2.05, 4.69) is 5.32 Å². The fourth-order valence-electron chi connectivity index (χ4n) is 1.77. The molecule has 0 aliphatic heterocycles. The van der Waals surface area contributed by atoms with Crippen LogP contribution in [-0.4, -0.2) is 12.3 Å². The summed E-state index contributed by atoms with van der Waals surface area (Å²) in [7, 11) is 0. The summed E-state index contributed by atoms with van der Waals surface area (Å²) in [6.45, 7) is 0.256. The van der Waals surface area contributed by atoms with Crippen molar-refractivity contribution < 1.29 is 22.4 Å². The standard InChI is InChI=1S/C15H12F4N2O/c16-10-6-7-11(20-8-9-4-2-1-3-5-9)12(17)13(10)21-15(22)14(18)19/h1-7,14,20H,8H2,(H,21,22). The Hall–Kier alpha value is -2.57. The van der Waals surface area contributed by atoms with E-state index in [1.54, 1.807) is 24.3 Å². The quantitative estimate of drug-likeness (QED) is 0.825. The van der Waals surface area contributed by atoms with E-state index in [-0.39, 0.29) is 12.2 Å². The first-order chi connectivity index (χ1) is 10.5. The summed E-state index contributed by atoms with van der Waals surface area (Å²) in [6.07, 6.45) is -3.36. The predicted octanol–water partition coefficient (Wildman–Crippen LogP) is 3.78. The van der Waals surface area contributed by atoms with Crippen LogP contribution in [0, 0.1) is 11.6 Å². The lowest BCUT2D eigenvalue weighted by Crippen LogP contribution is -2.22. The third-order valence-electron chi connectivity index (χ3n) is 2.86. The highest BCUT2D eigenvalue weighted by atomic mass is 19.3. The minimum atomic E-state index is -3.36. The molecule has 1 amide bonds. The van der Waals surface area contributed by atoms with Crippen LogP contribution in [0.15, 0.2) is 42.5 Å². The van der Waals surface area contributed by atoms with Gasteiger partial charge in [-0.15, -0.1) is 0 Å². The summed E-state index contributed by atoms with van der Waals surface area (Å²) in [5, 5.41) is 4.26. The van der Waals surface area contributed by atoms with Gasteiger partial charge in [-0.3, -0.25) is 4.79 Å². The number of amides is 1. The van der Waals surface area contributed by atoms with Crippen molar-refractivity contribution in [3.8, 4) is 0 Å². The topological polar surface area (TPSA) is 41.1 Å². The molecule has 0 saturated heterocycles. The van der Waals surface area contributed by atoms with Gasteiger partial charge >= 0.3 is 6.43 Å². The molecule has 0 unspecified atom stereocenters. The first-order valence-corrected chi connectivity index (χ1v) is 6.34. The number of hydrogen-bond acceptors (Lipinski definition) is 2. The molecule has 3 nitrogen and oxygen atoms in total. The number of halogens is 4. The van der Waals surface area contributed by atoms with Crippen molar-refractivity contribution in [1.82, 2.24) is 0 Å². The summed E-state index contributed by atoms with van der Waals surface area (Å²) < 4.78 is 51.9. The maximum absolute atomic E-state index is 14.1. The highest BCUT2D eigenvalue weighted by Gasteiger charge is 2.21. The molecule has 22 heavy (non-hydrogen) atoms. The van der Waals surface area contributed by atoms with E-state index in [1.807, 2.05) is 6.07 Å². The lowest BCUT2D eigenvalue weighted by Gasteiger charge is -2.12. The van der Waals surface area contributed by atoms with Crippen LogP contribution in [0.1, 0.15) is 5.56 Å². The van der Waals surface area contributed by atoms with E-state index in [1.165, 1.54) is 5.32 Å². The van der Waals surface area contributed by atoms with Gasteiger partial charge in [-0.25, -0.2) is 8.78 Å². The van der Waals surface area contributed by atoms with Crippen LogP contribution >= 0.6 is 0 Å². The molecule has 2 N–H and O–H groups in total. The molecule has 0 aliphatic carbocycles. The van der Waals surface area contributed by atoms with Gasteiger partial charge in [-0.1, -0.05) is 30.3 Å². The van der Waals surface area contributed by atoms with Crippen molar-refractivity contribution in [2.45, 2.75) is 13.0 Å².